The summed E-state index contributed by atoms with van der Waals surface area (Å²) in [6, 6.07) is 12.2. The molecule has 1 aromatic heterocycles. The molecule has 5 nitrogen and oxygen atoms in total. The van der Waals surface area contributed by atoms with Crippen molar-refractivity contribution in [1.82, 2.24) is 20.1 Å². The van der Waals surface area contributed by atoms with Gasteiger partial charge in [0.1, 0.15) is 0 Å². The number of amides is 1. The standard InChI is InChI=1S/C23H25Cl3N4OS/c1-4-30-21(28-29-23(30)32-13-15-9-10-16(24)12-19(15)26)20(11-14(2)3)27-22(31)17-7-5-6-8-18(17)25/h5-10,12,14,20H,4,11,13H2,1-3H3,(H,27,31)/t20-/m1/s1. The zero-order valence-corrected chi connectivity index (χ0v) is 21.2. The molecule has 0 bridgehead atoms. The summed E-state index contributed by atoms with van der Waals surface area (Å²) in [6.07, 6.45) is 0.724. The van der Waals surface area contributed by atoms with Gasteiger partial charge in [-0.05, 0) is 49.1 Å². The fourth-order valence-corrected chi connectivity index (χ4v) is 5.11. The molecule has 0 radical (unpaired) electrons. The third kappa shape index (κ3) is 6.19. The van der Waals surface area contributed by atoms with Crippen molar-refractivity contribution in [3.05, 3.63) is 74.5 Å². The van der Waals surface area contributed by atoms with Gasteiger partial charge < -0.3 is 9.88 Å². The maximum Gasteiger partial charge on any atom is 0.253 e. The second-order valence-corrected chi connectivity index (χ2v) is 9.94. The van der Waals surface area contributed by atoms with Crippen molar-refractivity contribution >= 4 is 52.5 Å². The summed E-state index contributed by atoms with van der Waals surface area (Å²) in [4.78, 5) is 12.9. The number of thioether (sulfide) groups is 1. The molecule has 0 unspecified atom stereocenters. The molecule has 3 aromatic rings. The molecule has 0 aliphatic carbocycles. The number of aromatic nitrogens is 3. The van der Waals surface area contributed by atoms with E-state index in [4.69, 9.17) is 34.8 Å². The minimum Gasteiger partial charge on any atom is -0.342 e. The summed E-state index contributed by atoms with van der Waals surface area (Å²) in [6.45, 7) is 6.93. The highest BCUT2D eigenvalue weighted by Gasteiger charge is 2.25. The van der Waals surface area contributed by atoms with Crippen LogP contribution in [-0.2, 0) is 12.3 Å². The summed E-state index contributed by atoms with van der Waals surface area (Å²) in [7, 11) is 0. The highest BCUT2D eigenvalue weighted by molar-refractivity contribution is 7.98. The number of hydrogen-bond donors (Lipinski definition) is 1. The molecule has 2 aromatic carbocycles. The molecular weight excluding hydrogens is 487 g/mol. The maximum absolute atomic E-state index is 12.9. The van der Waals surface area contributed by atoms with E-state index < -0.39 is 0 Å². The van der Waals surface area contributed by atoms with E-state index in [9.17, 15) is 4.79 Å². The van der Waals surface area contributed by atoms with Crippen LogP contribution < -0.4 is 5.32 Å². The van der Waals surface area contributed by atoms with Gasteiger partial charge in [-0.1, -0.05) is 78.6 Å². The molecule has 0 fully saturated rings. The number of benzene rings is 2. The topological polar surface area (TPSA) is 59.8 Å². The van der Waals surface area contributed by atoms with Gasteiger partial charge in [-0.3, -0.25) is 4.79 Å². The Morgan fingerprint density at radius 1 is 1.09 bits per heavy atom. The van der Waals surface area contributed by atoms with Crippen LogP contribution >= 0.6 is 46.6 Å². The number of rotatable bonds is 9. The summed E-state index contributed by atoms with van der Waals surface area (Å²) >= 11 is 20.1. The Bertz CT molecular complexity index is 1090. The smallest absolute Gasteiger partial charge is 0.253 e. The largest absolute Gasteiger partial charge is 0.342 e. The number of halogens is 3. The molecule has 32 heavy (non-hydrogen) atoms. The first-order chi connectivity index (χ1) is 15.3. The molecule has 0 saturated carbocycles. The van der Waals surface area contributed by atoms with Crippen LogP contribution in [0.25, 0.3) is 0 Å². The lowest BCUT2D eigenvalue weighted by atomic mass is 10.0. The Hall–Kier alpha value is -1.73. The molecule has 1 N–H and O–H groups in total. The van der Waals surface area contributed by atoms with Crippen molar-refractivity contribution in [3.8, 4) is 0 Å². The van der Waals surface area contributed by atoms with Gasteiger partial charge in [0.15, 0.2) is 11.0 Å². The minimum absolute atomic E-state index is 0.228. The van der Waals surface area contributed by atoms with Crippen LogP contribution in [-0.4, -0.2) is 20.7 Å². The van der Waals surface area contributed by atoms with Gasteiger partial charge in [0, 0.05) is 22.3 Å². The van der Waals surface area contributed by atoms with Gasteiger partial charge in [0.05, 0.1) is 16.6 Å². The van der Waals surface area contributed by atoms with E-state index in [2.05, 4.69) is 29.4 Å². The van der Waals surface area contributed by atoms with Crippen molar-refractivity contribution in [2.75, 3.05) is 0 Å². The van der Waals surface area contributed by atoms with Crippen LogP contribution in [0.1, 0.15) is 55.0 Å². The highest BCUT2D eigenvalue weighted by Crippen LogP contribution is 2.30. The average Bonchev–Trinajstić information content (AvgIpc) is 3.15. The normalized spacial score (nSPS) is 12.2. The van der Waals surface area contributed by atoms with Gasteiger partial charge in [-0.15, -0.1) is 10.2 Å². The van der Waals surface area contributed by atoms with Crippen molar-refractivity contribution in [2.45, 2.75) is 50.7 Å². The Balaban J connectivity index is 1.83. The van der Waals surface area contributed by atoms with Crippen LogP contribution in [0.2, 0.25) is 15.1 Å². The van der Waals surface area contributed by atoms with Crippen LogP contribution in [0.4, 0.5) is 0 Å². The van der Waals surface area contributed by atoms with Crippen molar-refractivity contribution in [1.29, 1.82) is 0 Å². The second-order valence-electron chi connectivity index (χ2n) is 7.74. The van der Waals surface area contributed by atoms with E-state index in [1.165, 1.54) is 0 Å². The third-order valence-corrected chi connectivity index (χ3v) is 6.81. The van der Waals surface area contributed by atoms with Gasteiger partial charge in [0.2, 0.25) is 0 Å². The zero-order valence-electron chi connectivity index (χ0n) is 18.1. The van der Waals surface area contributed by atoms with Crippen LogP contribution in [0.15, 0.2) is 47.6 Å². The number of carbonyl (C=O) groups excluding carboxylic acids is 1. The number of carbonyl (C=O) groups is 1. The van der Waals surface area contributed by atoms with Gasteiger partial charge in [-0.25, -0.2) is 0 Å². The predicted molar refractivity (Wildman–Crippen MR) is 133 cm³/mol. The molecule has 0 aliphatic heterocycles. The molecule has 1 atom stereocenters. The lowest BCUT2D eigenvalue weighted by Gasteiger charge is -2.21. The Labute approximate surface area is 207 Å². The number of hydrogen-bond acceptors (Lipinski definition) is 4. The molecular formula is C23H25Cl3N4OS. The number of nitrogens with zero attached hydrogens (tertiary/aromatic N) is 3. The van der Waals surface area contributed by atoms with E-state index in [-0.39, 0.29) is 11.9 Å². The average molecular weight is 512 g/mol. The first-order valence-electron chi connectivity index (χ1n) is 10.3. The van der Waals surface area contributed by atoms with Crippen LogP contribution in [0, 0.1) is 5.92 Å². The summed E-state index contributed by atoms with van der Waals surface area (Å²) in [5, 5.41) is 14.4. The second kappa shape index (κ2) is 11.4. The molecule has 0 aliphatic rings. The lowest BCUT2D eigenvalue weighted by molar-refractivity contribution is 0.0929. The van der Waals surface area contributed by atoms with E-state index in [1.54, 1.807) is 42.1 Å². The molecule has 1 amide bonds. The van der Waals surface area contributed by atoms with Crippen molar-refractivity contribution in [3.63, 3.8) is 0 Å². The fraction of sp³-hybridized carbons (Fsp3) is 0.348. The molecule has 0 spiro atoms. The van der Waals surface area contributed by atoms with E-state index in [1.807, 2.05) is 23.6 Å². The molecule has 3 rings (SSSR count). The third-order valence-electron chi connectivity index (χ3n) is 4.88. The van der Waals surface area contributed by atoms with Gasteiger partial charge >= 0.3 is 0 Å². The van der Waals surface area contributed by atoms with E-state index >= 15 is 0 Å². The lowest BCUT2D eigenvalue weighted by Crippen LogP contribution is -2.31. The fourth-order valence-electron chi connectivity index (χ4n) is 3.32. The minimum atomic E-state index is -0.292. The molecule has 170 valence electrons. The van der Waals surface area contributed by atoms with E-state index in [0.717, 1.165) is 23.0 Å². The van der Waals surface area contributed by atoms with Gasteiger partial charge in [-0.2, -0.15) is 0 Å². The zero-order chi connectivity index (χ0) is 23.3. The molecule has 9 heteroatoms. The summed E-state index contributed by atoms with van der Waals surface area (Å²) in [5.41, 5.74) is 1.41. The predicted octanol–water partition coefficient (Wildman–Crippen LogP) is 7.07. The Morgan fingerprint density at radius 3 is 2.50 bits per heavy atom. The van der Waals surface area contributed by atoms with Gasteiger partial charge in [0.25, 0.3) is 5.91 Å². The van der Waals surface area contributed by atoms with Crippen molar-refractivity contribution in [2.24, 2.45) is 5.92 Å². The first kappa shape index (κ1) is 24.9. The summed E-state index contributed by atoms with van der Waals surface area (Å²) < 4.78 is 2.04. The monoisotopic (exact) mass is 510 g/mol. The highest BCUT2D eigenvalue weighted by atomic mass is 35.5. The summed E-state index contributed by atoms with van der Waals surface area (Å²) in [5.74, 6) is 1.48. The van der Waals surface area contributed by atoms with E-state index in [0.29, 0.717) is 38.8 Å². The quantitative estimate of drug-likeness (QED) is 0.312. The van der Waals surface area contributed by atoms with Crippen molar-refractivity contribution < 1.29 is 4.79 Å². The molecule has 1 heterocycles. The maximum atomic E-state index is 12.9. The SMILES string of the molecule is CCn1c(SCc2ccc(Cl)cc2Cl)nnc1[C@@H](CC(C)C)NC(=O)c1ccccc1Cl. The Kier molecular flexibility index (Phi) is 8.88. The molecule has 0 saturated heterocycles. The first-order valence-corrected chi connectivity index (χ1v) is 12.5. The Morgan fingerprint density at radius 2 is 1.84 bits per heavy atom. The van der Waals surface area contributed by atoms with Crippen LogP contribution in [0.3, 0.4) is 0 Å². The number of nitrogens with one attached hydrogen (secondary N) is 1. The van der Waals surface area contributed by atoms with Crippen LogP contribution in [0.5, 0.6) is 0 Å².